The second-order valence-electron chi connectivity index (χ2n) is 3.27. The Morgan fingerprint density at radius 1 is 1.47 bits per heavy atom. The lowest BCUT2D eigenvalue weighted by Gasteiger charge is -1.92. The predicted molar refractivity (Wildman–Crippen MR) is 61.2 cm³/mol. The zero-order valence-electron chi connectivity index (χ0n) is 8.63. The van der Waals surface area contributed by atoms with Crippen LogP contribution in [0.15, 0.2) is 27.3 Å². The van der Waals surface area contributed by atoms with E-state index in [0.717, 1.165) is 4.47 Å². The molecule has 6 nitrogen and oxygen atoms in total. The molecule has 0 bridgehead atoms. The smallest absolute Gasteiger partial charge is 0.303 e. The number of hydrogen-bond acceptors (Lipinski definition) is 5. The Bertz CT molecular complexity index is 524. The van der Waals surface area contributed by atoms with Gasteiger partial charge in [0, 0.05) is 17.1 Å². The lowest BCUT2D eigenvalue weighted by Crippen LogP contribution is -1.97. The minimum Gasteiger partial charge on any atom is -0.481 e. The zero-order valence-corrected chi connectivity index (χ0v) is 10.2. The quantitative estimate of drug-likeness (QED) is 0.927. The molecular formula is C10H8BrN3O3. The summed E-state index contributed by atoms with van der Waals surface area (Å²) in [4.78, 5) is 18.6. The molecule has 2 aromatic rings. The first-order valence-electron chi connectivity index (χ1n) is 4.81. The first-order chi connectivity index (χ1) is 8.15. The standard InChI is InChI=1S/C10H8BrN3O3/c11-6-1-2-7(12-5-6)10-13-8(17-14-10)3-4-9(15)16/h1-2,5H,3-4H2,(H,15,16). The topological polar surface area (TPSA) is 89.1 Å². The number of aromatic nitrogens is 3. The molecule has 0 radical (unpaired) electrons. The summed E-state index contributed by atoms with van der Waals surface area (Å²) in [6.45, 7) is 0. The van der Waals surface area contributed by atoms with Gasteiger partial charge in [0.05, 0.1) is 6.42 Å². The molecule has 0 fully saturated rings. The van der Waals surface area contributed by atoms with Crippen LogP contribution in [0.25, 0.3) is 11.5 Å². The summed E-state index contributed by atoms with van der Waals surface area (Å²) in [6, 6.07) is 3.56. The molecule has 0 amide bonds. The number of rotatable bonds is 4. The molecule has 1 N–H and O–H groups in total. The van der Waals surface area contributed by atoms with Crippen LogP contribution in [0, 0.1) is 0 Å². The molecular weight excluding hydrogens is 290 g/mol. The molecule has 0 aliphatic heterocycles. The molecule has 2 aromatic heterocycles. The van der Waals surface area contributed by atoms with Gasteiger partial charge in [-0.25, -0.2) is 0 Å². The Labute approximate surface area is 105 Å². The lowest BCUT2D eigenvalue weighted by atomic mass is 10.3. The van der Waals surface area contributed by atoms with E-state index in [1.807, 2.05) is 6.07 Å². The molecule has 0 saturated heterocycles. The van der Waals surface area contributed by atoms with E-state index in [2.05, 4.69) is 31.1 Å². The highest BCUT2D eigenvalue weighted by molar-refractivity contribution is 9.10. The van der Waals surface area contributed by atoms with Gasteiger partial charge < -0.3 is 9.63 Å². The number of aryl methyl sites for hydroxylation is 1. The van der Waals surface area contributed by atoms with E-state index >= 15 is 0 Å². The number of hydrogen-bond donors (Lipinski definition) is 1. The predicted octanol–water partition coefficient (Wildman–Crippen LogP) is 1.91. The Morgan fingerprint density at radius 2 is 2.29 bits per heavy atom. The van der Waals surface area contributed by atoms with Gasteiger partial charge in [-0.3, -0.25) is 9.78 Å². The van der Waals surface area contributed by atoms with Crippen molar-refractivity contribution in [3.8, 4) is 11.5 Å². The molecule has 2 heterocycles. The van der Waals surface area contributed by atoms with Gasteiger partial charge in [-0.1, -0.05) is 5.16 Å². The zero-order chi connectivity index (χ0) is 12.3. The first kappa shape index (κ1) is 11.7. The van der Waals surface area contributed by atoms with Gasteiger partial charge >= 0.3 is 5.97 Å². The summed E-state index contributed by atoms with van der Waals surface area (Å²) in [5.41, 5.74) is 0.582. The molecule has 0 aromatic carbocycles. The van der Waals surface area contributed by atoms with Gasteiger partial charge in [0.1, 0.15) is 5.69 Å². The van der Waals surface area contributed by atoms with E-state index in [0.29, 0.717) is 17.4 Å². The van der Waals surface area contributed by atoms with Crippen LogP contribution in [0.2, 0.25) is 0 Å². The van der Waals surface area contributed by atoms with Crippen LogP contribution in [0.4, 0.5) is 0 Å². The summed E-state index contributed by atoms with van der Waals surface area (Å²) >= 11 is 3.27. The van der Waals surface area contributed by atoms with Crippen LogP contribution in [0.5, 0.6) is 0 Å². The largest absolute Gasteiger partial charge is 0.481 e. The van der Waals surface area contributed by atoms with Crippen molar-refractivity contribution in [3.63, 3.8) is 0 Å². The van der Waals surface area contributed by atoms with Crippen LogP contribution in [0.1, 0.15) is 12.3 Å². The number of carboxylic acid groups (broad SMARTS) is 1. The minimum atomic E-state index is -0.897. The Hall–Kier alpha value is -1.76. The monoisotopic (exact) mass is 297 g/mol. The second-order valence-corrected chi connectivity index (χ2v) is 4.18. The molecule has 0 aliphatic carbocycles. The number of carbonyl (C=O) groups is 1. The molecule has 7 heteroatoms. The molecule has 88 valence electrons. The van der Waals surface area contributed by atoms with Crippen LogP contribution in [-0.4, -0.2) is 26.2 Å². The summed E-state index contributed by atoms with van der Waals surface area (Å²) in [6.07, 6.45) is 1.82. The normalized spacial score (nSPS) is 10.4. The van der Waals surface area contributed by atoms with Crippen molar-refractivity contribution < 1.29 is 14.4 Å². The van der Waals surface area contributed by atoms with Crippen LogP contribution in [-0.2, 0) is 11.2 Å². The van der Waals surface area contributed by atoms with Gasteiger partial charge in [-0.2, -0.15) is 4.98 Å². The molecule has 17 heavy (non-hydrogen) atoms. The van der Waals surface area contributed by atoms with Crippen molar-refractivity contribution in [2.75, 3.05) is 0 Å². The number of carboxylic acids is 1. The van der Waals surface area contributed by atoms with E-state index in [-0.39, 0.29) is 12.8 Å². The summed E-state index contributed by atoms with van der Waals surface area (Å²) in [5.74, 6) is -0.239. The molecule has 0 saturated carbocycles. The van der Waals surface area contributed by atoms with E-state index < -0.39 is 5.97 Å². The van der Waals surface area contributed by atoms with Crippen LogP contribution >= 0.6 is 15.9 Å². The van der Waals surface area contributed by atoms with Crippen molar-refractivity contribution in [2.24, 2.45) is 0 Å². The first-order valence-corrected chi connectivity index (χ1v) is 5.61. The Morgan fingerprint density at radius 3 is 2.94 bits per heavy atom. The number of pyridine rings is 1. The Kier molecular flexibility index (Phi) is 3.48. The maximum atomic E-state index is 10.4. The SMILES string of the molecule is O=C(O)CCc1nc(-c2ccc(Br)cn2)no1. The maximum absolute atomic E-state index is 10.4. The fraction of sp³-hybridized carbons (Fsp3) is 0.200. The number of aliphatic carboxylic acids is 1. The fourth-order valence-corrected chi connectivity index (χ4v) is 1.42. The summed E-state index contributed by atoms with van der Waals surface area (Å²) in [7, 11) is 0. The van der Waals surface area contributed by atoms with Gasteiger partial charge in [0.2, 0.25) is 11.7 Å². The van der Waals surface area contributed by atoms with Gasteiger partial charge in [0.15, 0.2) is 0 Å². The number of halogens is 1. The van der Waals surface area contributed by atoms with Gasteiger partial charge in [0.25, 0.3) is 0 Å². The van der Waals surface area contributed by atoms with Crippen LogP contribution < -0.4 is 0 Å². The summed E-state index contributed by atoms with van der Waals surface area (Å²) in [5, 5.41) is 12.3. The van der Waals surface area contributed by atoms with E-state index in [9.17, 15) is 4.79 Å². The van der Waals surface area contributed by atoms with Crippen molar-refractivity contribution in [1.29, 1.82) is 0 Å². The van der Waals surface area contributed by atoms with Crippen molar-refractivity contribution in [1.82, 2.24) is 15.1 Å². The second kappa shape index (κ2) is 5.05. The average Bonchev–Trinajstić information content (AvgIpc) is 2.76. The van der Waals surface area contributed by atoms with Crippen molar-refractivity contribution in [3.05, 3.63) is 28.7 Å². The highest BCUT2D eigenvalue weighted by atomic mass is 79.9. The summed E-state index contributed by atoms with van der Waals surface area (Å²) < 4.78 is 5.78. The minimum absolute atomic E-state index is 0.0323. The highest BCUT2D eigenvalue weighted by Crippen LogP contribution is 2.16. The third kappa shape index (κ3) is 3.10. The molecule has 0 atom stereocenters. The average molecular weight is 298 g/mol. The Balaban J connectivity index is 2.12. The lowest BCUT2D eigenvalue weighted by molar-refractivity contribution is -0.137. The highest BCUT2D eigenvalue weighted by Gasteiger charge is 2.10. The molecule has 0 aliphatic rings. The van der Waals surface area contributed by atoms with E-state index in [1.165, 1.54) is 0 Å². The fourth-order valence-electron chi connectivity index (χ4n) is 1.18. The molecule has 2 rings (SSSR count). The van der Waals surface area contributed by atoms with Gasteiger partial charge in [-0.05, 0) is 28.1 Å². The molecule has 0 unspecified atom stereocenters. The third-order valence-corrected chi connectivity index (χ3v) is 2.45. The maximum Gasteiger partial charge on any atom is 0.303 e. The van der Waals surface area contributed by atoms with Crippen molar-refractivity contribution >= 4 is 21.9 Å². The van der Waals surface area contributed by atoms with Crippen LogP contribution in [0.3, 0.4) is 0 Å². The third-order valence-electron chi connectivity index (χ3n) is 1.98. The van der Waals surface area contributed by atoms with Crippen molar-refractivity contribution in [2.45, 2.75) is 12.8 Å². The van der Waals surface area contributed by atoms with E-state index in [1.54, 1.807) is 12.3 Å². The molecule has 0 spiro atoms. The van der Waals surface area contributed by atoms with E-state index in [4.69, 9.17) is 9.63 Å². The number of nitrogens with zero attached hydrogens (tertiary/aromatic N) is 3. The van der Waals surface area contributed by atoms with Gasteiger partial charge in [-0.15, -0.1) is 0 Å².